The monoisotopic (exact) mass is 456 g/mol. The number of alkyl halides is 3. The second kappa shape index (κ2) is 8.55. The Morgan fingerprint density at radius 3 is 2.55 bits per heavy atom. The molecule has 0 atom stereocenters. The van der Waals surface area contributed by atoms with Crippen molar-refractivity contribution in [3.63, 3.8) is 0 Å². The normalized spacial score (nSPS) is 13.8. The molecule has 10 heteroatoms. The summed E-state index contributed by atoms with van der Waals surface area (Å²) >= 11 is 0. The summed E-state index contributed by atoms with van der Waals surface area (Å²) in [6, 6.07) is 11.1. The molecule has 0 saturated heterocycles. The maximum atomic E-state index is 13.2. The SMILES string of the molecule is C=C1CN(c2ccc(C(F)(F)F)cc2)C(=O)c2c(NC(=O)c3ccccc3COC)cnn21. The third-order valence-corrected chi connectivity index (χ3v) is 5.17. The van der Waals surface area contributed by atoms with Gasteiger partial charge in [-0.25, -0.2) is 4.68 Å². The fourth-order valence-electron chi connectivity index (χ4n) is 3.59. The minimum Gasteiger partial charge on any atom is -0.380 e. The van der Waals surface area contributed by atoms with E-state index < -0.39 is 23.6 Å². The van der Waals surface area contributed by atoms with Crippen LogP contribution in [0.3, 0.4) is 0 Å². The number of methoxy groups -OCH3 is 1. The quantitative estimate of drug-likeness (QED) is 0.616. The second-order valence-electron chi connectivity index (χ2n) is 7.37. The van der Waals surface area contributed by atoms with E-state index in [-0.39, 0.29) is 30.2 Å². The van der Waals surface area contributed by atoms with E-state index in [0.717, 1.165) is 12.1 Å². The number of halogens is 3. The van der Waals surface area contributed by atoms with Crippen LogP contribution in [0.15, 0.2) is 61.3 Å². The number of nitrogens with one attached hydrogen (secondary N) is 1. The Hall–Kier alpha value is -3.92. The van der Waals surface area contributed by atoms with Crippen molar-refractivity contribution in [2.24, 2.45) is 0 Å². The lowest BCUT2D eigenvalue weighted by Crippen LogP contribution is -2.40. The van der Waals surface area contributed by atoms with Crippen molar-refractivity contribution in [3.05, 3.63) is 83.7 Å². The van der Waals surface area contributed by atoms with Gasteiger partial charge in [-0.1, -0.05) is 24.8 Å². The first-order valence-corrected chi connectivity index (χ1v) is 9.84. The average Bonchev–Trinajstić information content (AvgIpc) is 3.21. The predicted octanol–water partition coefficient (Wildman–Crippen LogP) is 4.43. The van der Waals surface area contributed by atoms with E-state index in [9.17, 15) is 22.8 Å². The smallest absolute Gasteiger partial charge is 0.380 e. The Balaban J connectivity index is 1.64. The van der Waals surface area contributed by atoms with Crippen molar-refractivity contribution in [3.8, 4) is 0 Å². The number of rotatable bonds is 5. The summed E-state index contributed by atoms with van der Waals surface area (Å²) in [6.45, 7) is 4.17. The van der Waals surface area contributed by atoms with E-state index in [2.05, 4.69) is 17.0 Å². The van der Waals surface area contributed by atoms with Crippen LogP contribution in [0.4, 0.5) is 24.5 Å². The van der Waals surface area contributed by atoms with Crippen molar-refractivity contribution in [1.29, 1.82) is 0 Å². The molecule has 3 aromatic rings. The summed E-state index contributed by atoms with van der Waals surface area (Å²) in [6.07, 6.45) is -3.14. The Kier molecular flexibility index (Phi) is 5.77. The Labute approximate surface area is 187 Å². The van der Waals surface area contributed by atoms with Gasteiger partial charge in [0.2, 0.25) is 0 Å². The van der Waals surface area contributed by atoms with Crippen LogP contribution in [-0.2, 0) is 17.5 Å². The summed E-state index contributed by atoms with van der Waals surface area (Å²) in [7, 11) is 1.52. The van der Waals surface area contributed by atoms with Gasteiger partial charge in [-0.15, -0.1) is 0 Å². The first-order chi connectivity index (χ1) is 15.7. The molecule has 0 spiro atoms. The Bertz CT molecular complexity index is 1230. The second-order valence-corrected chi connectivity index (χ2v) is 7.37. The number of ether oxygens (including phenoxy) is 1. The van der Waals surface area contributed by atoms with Gasteiger partial charge in [0, 0.05) is 18.4 Å². The molecule has 4 rings (SSSR count). The number of carbonyl (C=O) groups excluding carboxylic acids is 2. The van der Waals surface area contributed by atoms with Crippen molar-refractivity contribution < 1.29 is 27.5 Å². The molecule has 0 fully saturated rings. The summed E-state index contributed by atoms with van der Waals surface area (Å²) in [4.78, 5) is 27.4. The van der Waals surface area contributed by atoms with Gasteiger partial charge in [-0.2, -0.15) is 18.3 Å². The summed E-state index contributed by atoms with van der Waals surface area (Å²) in [5, 5.41) is 6.85. The summed E-state index contributed by atoms with van der Waals surface area (Å²) in [5.41, 5.74) is 1.14. The predicted molar refractivity (Wildman–Crippen MR) is 116 cm³/mol. The minimum atomic E-state index is -4.48. The fraction of sp³-hybridized carbons (Fsp3) is 0.174. The zero-order valence-electron chi connectivity index (χ0n) is 17.5. The molecule has 0 aliphatic carbocycles. The van der Waals surface area contributed by atoms with Crippen LogP contribution < -0.4 is 10.2 Å². The van der Waals surface area contributed by atoms with Gasteiger partial charge < -0.3 is 15.0 Å². The maximum absolute atomic E-state index is 13.2. The molecule has 1 aliphatic heterocycles. The van der Waals surface area contributed by atoms with Gasteiger partial charge >= 0.3 is 6.18 Å². The molecule has 2 aromatic carbocycles. The molecule has 1 N–H and O–H groups in total. The minimum absolute atomic E-state index is 0.0307. The highest BCUT2D eigenvalue weighted by Crippen LogP contribution is 2.33. The van der Waals surface area contributed by atoms with Gasteiger partial charge in [0.15, 0.2) is 5.69 Å². The van der Waals surface area contributed by atoms with Crippen molar-refractivity contribution in [2.75, 3.05) is 23.9 Å². The first-order valence-electron chi connectivity index (χ1n) is 9.84. The molecule has 7 nitrogen and oxygen atoms in total. The number of amides is 2. The lowest BCUT2D eigenvalue weighted by Gasteiger charge is -2.29. The van der Waals surface area contributed by atoms with Crippen LogP contribution in [0.2, 0.25) is 0 Å². The number of anilines is 2. The van der Waals surface area contributed by atoms with E-state index >= 15 is 0 Å². The molecule has 2 amide bonds. The number of aromatic nitrogens is 2. The van der Waals surface area contributed by atoms with Crippen LogP contribution >= 0.6 is 0 Å². The number of hydrogen-bond acceptors (Lipinski definition) is 4. The molecular weight excluding hydrogens is 437 g/mol. The molecule has 2 heterocycles. The van der Waals surface area contributed by atoms with Gasteiger partial charge in [-0.3, -0.25) is 9.59 Å². The Morgan fingerprint density at radius 1 is 1.18 bits per heavy atom. The summed E-state index contributed by atoms with van der Waals surface area (Å²) in [5.74, 6) is -0.983. The third-order valence-electron chi connectivity index (χ3n) is 5.17. The highest BCUT2D eigenvalue weighted by atomic mass is 19.4. The lowest BCUT2D eigenvalue weighted by atomic mass is 10.1. The van der Waals surface area contributed by atoms with E-state index in [4.69, 9.17) is 4.74 Å². The van der Waals surface area contributed by atoms with E-state index in [1.807, 2.05) is 0 Å². The topological polar surface area (TPSA) is 76.5 Å². The van der Waals surface area contributed by atoms with Crippen molar-refractivity contribution in [2.45, 2.75) is 12.8 Å². The standard InChI is InChI=1S/C23H19F3N4O3/c1-14-12-29(17-9-7-16(8-10-17)23(24,25)26)22(32)20-19(11-27-30(14)20)28-21(31)18-6-4-3-5-15(18)13-33-2/h3-11H,1,12-13H2,2H3,(H,28,31). The number of fused-ring (bicyclic) bond motifs is 1. The average molecular weight is 456 g/mol. The van der Waals surface area contributed by atoms with Gasteiger partial charge in [0.25, 0.3) is 11.8 Å². The van der Waals surface area contributed by atoms with Crippen molar-refractivity contribution in [1.82, 2.24) is 9.78 Å². The van der Waals surface area contributed by atoms with E-state index in [1.54, 1.807) is 24.3 Å². The van der Waals surface area contributed by atoms with E-state index in [0.29, 0.717) is 16.8 Å². The largest absolute Gasteiger partial charge is 0.416 e. The van der Waals surface area contributed by atoms with Crippen molar-refractivity contribution >= 4 is 28.9 Å². The zero-order valence-corrected chi connectivity index (χ0v) is 17.5. The fourth-order valence-corrected chi connectivity index (χ4v) is 3.59. The lowest BCUT2D eigenvalue weighted by molar-refractivity contribution is -0.137. The van der Waals surface area contributed by atoms with Crippen LogP contribution in [0, 0.1) is 0 Å². The molecule has 33 heavy (non-hydrogen) atoms. The van der Waals surface area contributed by atoms with Crippen LogP contribution in [0.1, 0.15) is 32.0 Å². The van der Waals surface area contributed by atoms with Gasteiger partial charge in [0.1, 0.15) is 0 Å². The van der Waals surface area contributed by atoms with E-state index in [1.165, 1.54) is 35.0 Å². The molecule has 0 saturated carbocycles. The maximum Gasteiger partial charge on any atom is 0.416 e. The number of benzene rings is 2. The highest BCUT2D eigenvalue weighted by Gasteiger charge is 2.34. The number of nitrogens with zero attached hydrogens (tertiary/aromatic N) is 3. The molecule has 0 bridgehead atoms. The number of carbonyl (C=O) groups is 2. The molecule has 1 aromatic heterocycles. The zero-order chi connectivity index (χ0) is 23.8. The van der Waals surface area contributed by atoms with Crippen LogP contribution in [0.5, 0.6) is 0 Å². The summed E-state index contributed by atoms with van der Waals surface area (Å²) < 4.78 is 45.1. The highest BCUT2D eigenvalue weighted by molar-refractivity contribution is 6.14. The molecular formula is C23H19F3N4O3. The molecule has 1 aliphatic rings. The molecule has 0 radical (unpaired) electrons. The third kappa shape index (κ3) is 4.24. The molecule has 0 unspecified atom stereocenters. The van der Waals surface area contributed by atoms with Gasteiger partial charge in [0.05, 0.1) is 36.3 Å². The van der Waals surface area contributed by atoms with Crippen LogP contribution in [0.25, 0.3) is 5.70 Å². The van der Waals surface area contributed by atoms with Gasteiger partial charge in [-0.05, 0) is 35.9 Å². The number of hydrogen-bond donors (Lipinski definition) is 1. The molecule has 170 valence electrons. The first kappa shape index (κ1) is 22.3. The van der Waals surface area contributed by atoms with Crippen LogP contribution in [-0.4, -0.2) is 35.2 Å². The Morgan fingerprint density at radius 2 is 1.88 bits per heavy atom.